The van der Waals surface area contributed by atoms with Gasteiger partial charge in [0.2, 0.25) is 0 Å². The molecule has 184 valence electrons. The van der Waals surface area contributed by atoms with Gasteiger partial charge in [0.05, 0.1) is 13.7 Å². The molecule has 1 heterocycles. The number of ether oxygens (including phenoxy) is 3. The molecule has 7 nitrogen and oxygen atoms in total. The smallest absolute Gasteiger partial charge is 0.333 e. The van der Waals surface area contributed by atoms with Crippen LogP contribution in [0, 0.1) is 0 Å². The summed E-state index contributed by atoms with van der Waals surface area (Å²) in [5.74, 6) is -0.138. The van der Waals surface area contributed by atoms with Gasteiger partial charge in [-0.1, -0.05) is 51.3 Å². The molecule has 1 atom stereocenters. The van der Waals surface area contributed by atoms with Gasteiger partial charge in [-0.3, -0.25) is 0 Å². The van der Waals surface area contributed by atoms with Crippen molar-refractivity contribution in [1.82, 2.24) is 0 Å². The number of benzene rings is 2. The van der Waals surface area contributed by atoms with Crippen LogP contribution in [-0.4, -0.2) is 48.6 Å². The summed E-state index contributed by atoms with van der Waals surface area (Å²) in [5.41, 5.74) is 2.96. The van der Waals surface area contributed by atoms with Crippen LogP contribution in [0.2, 0.25) is 0 Å². The minimum absolute atomic E-state index is 0.142. The van der Waals surface area contributed by atoms with Crippen LogP contribution in [0.15, 0.2) is 72.8 Å². The Morgan fingerprint density at radius 1 is 0.912 bits per heavy atom. The molecular weight excluding hydrogens is 436 g/mol. The van der Waals surface area contributed by atoms with Gasteiger partial charge in [0, 0.05) is 16.6 Å². The number of epoxide rings is 1. The van der Waals surface area contributed by atoms with Crippen molar-refractivity contribution in [2.75, 3.05) is 20.3 Å². The third-order valence-corrected chi connectivity index (χ3v) is 4.86. The number of hydrogen-bond donors (Lipinski definition) is 2. The summed E-state index contributed by atoms with van der Waals surface area (Å²) in [6.07, 6.45) is 0.142. The highest BCUT2D eigenvalue weighted by atomic mass is 16.6. The second-order valence-corrected chi connectivity index (χ2v) is 8.32. The Kier molecular flexibility index (Phi) is 11.1. The molecule has 2 aromatic rings. The van der Waals surface area contributed by atoms with Gasteiger partial charge in [0.1, 0.15) is 24.2 Å². The maximum atomic E-state index is 10.7. The topological polar surface area (TPSA) is 106 Å². The number of aromatic hydroxyl groups is 2. The second kappa shape index (κ2) is 13.2. The van der Waals surface area contributed by atoms with Gasteiger partial charge in [-0.05, 0) is 49.2 Å². The van der Waals surface area contributed by atoms with Gasteiger partial charge in [-0.15, -0.1) is 0 Å². The van der Waals surface area contributed by atoms with Gasteiger partial charge in [-0.2, -0.15) is 0 Å². The third kappa shape index (κ3) is 9.92. The van der Waals surface area contributed by atoms with E-state index in [9.17, 15) is 19.8 Å². The lowest BCUT2D eigenvalue weighted by Gasteiger charge is -2.26. The van der Waals surface area contributed by atoms with Crippen LogP contribution in [0.4, 0.5) is 0 Å². The van der Waals surface area contributed by atoms with E-state index in [0.717, 1.165) is 11.1 Å². The molecule has 1 aliphatic heterocycles. The Hall–Kier alpha value is -3.58. The Balaban J connectivity index is 0.000000289. The van der Waals surface area contributed by atoms with Crippen molar-refractivity contribution in [2.45, 2.75) is 39.2 Å². The Morgan fingerprint density at radius 2 is 1.29 bits per heavy atom. The van der Waals surface area contributed by atoms with Crippen molar-refractivity contribution < 1.29 is 34.0 Å². The summed E-state index contributed by atoms with van der Waals surface area (Å²) in [6.45, 7) is 15.3. The first-order valence-electron chi connectivity index (χ1n) is 10.7. The molecule has 7 heteroatoms. The van der Waals surface area contributed by atoms with Crippen molar-refractivity contribution in [3.05, 3.63) is 84.0 Å². The number of esters is 2. The maximum Gasteiger partial charge on any atom is 0.333 e. The van der Waals surface area contributed by atoms with Crippen molar-refractivity contribution in [3.63, 3.8) is 0 Å². The van der Waals surface area contributed by atoms with Gasteiger partial charge >= 0.3 is 11.9 Å². The van der Waals surface area contributed by atoms with E-state index in [1.165, 1.54) is 7.11 Å². The van der Waals surface area contributed by atoms with E-state index in [4.69, 9.17) is 9.47 Å². The maximum absolute atomic E-state index is 10.7. The van der Waals surface area contributed by atoms with Crippen LogP contribution in [0.5, 0.6) is 11.5 Å². The first-order valence-corrected chi connectivity index (χ1v) is 10.7. The van der Waals surface area contributed by atoms with Crippen LogP contribution >= 0.6 is 0 Å². The molecule has 34 heavy (non-hydrogen) atoms. The third-order valence-electron chi connectivity index (χ3n) is 4.86. The number of carbonyl (C=O) groups excluding carboxylic acids is 2. The van der Waals surface area contributed by atoms with Crippen LogP contribution < -0.4 is 0 Å². The van der Waals surface area contributed by atoms with E-state index in [1.807, 2.05) is 24.3 Å². The average Bonchev–Trinajstić information content (AvgIpc) is 3.63. The van der Waals surface area contributed by atoms with Crippen LogP contribution in [0.1, 0.15) is 38.8 Å². The zero-order chi connectivity index (χ0) is 25.9. The van der Waals surface area contributed by atoms with Gasteiger partial charge in [0.25, 0.3) is 0 Å². The van der Waals surface area contributed by atoms with Gasteiger partial charge in [-0.25, -0.2) is 9.59 Å². The highest BCUT2D eigenvalue weighted by molar-refractivity contribution is 5.87. The van der Waals surface area contributed by atoms with E-state index in [1.54, 1.807) is 38.1 Å². The quantitative estimate of drug-likeness (QED) is 0.359. The van der Waals surface area contributed by atoms with Crippen molar-refractivity contribution in [3.8, 4) is 11.5 Å². The number of hydrogen-bond acceptors (Lipinski definition) is 7. The molecule has 1 saturated heterocycles. The molecule has 0 saturated carbocycles. The summed E-state index contributed by atoms with van der Waals surface area (Å²) >= 11 is 0. The van der Waals surface area contributed by atoms with Crippen LogP contribution in [0.25, 0.3) is 0 Å². The van der Waals surface area contributed by atoms with Gasteiger partial charge in [0.15, 0.2) is 0 Å². The lowest BCUT2D eigenvalue weighted by molar-refractivity contribution is -0.139. The molecule has 3 rings (SSSR count). The molecule has 0 bridgehead atoms. The van der Waals surface area contributed by atoms with E-state index in [2.05, 4.69) is 31.7 Å². The summed E-state index contributed by atoms with van der Waals surface area (Å²) in [6, 6.07) is 14.4. The van der Waals surface area contributed by atoms with Crippen LogP contribution in [-0.2, 0) is 29.2 Å². The summed E-state index contributed by atoms with van der Waals surface area (Å²) in [5, 5.41) is 18.6. The number of phenolic OH excluding ortho intramolecular Hbond substituents is 2. The molecule has 1 aliphatic rings. The lowest BCUT2D eigenvalue weighted by atomic mass is 9.78. The minimum Gasteiger partial charge on any atom is -0.508 e. The predicted octanol–water partition coefficient (Wildman–Crippen LogP) is 4.66. The predicted molar refractivity (Wildman–Crippen MR) is 131 cm³/mol. The van der Waals surface area contributed by atoms with Gasteiger partial charge < -0.3 is 24.4 Å². The highest BCUT2D eigenvalue weighted by Gasteiger charge is 2.24. The van der Waals surface area contributed by atoms with Crippen molar-refractivity contribution >= 4 is 11.9 Å². The molecule has 0 aromatic heterocycles. The van der Waals surface area contributed by atoms with E-state index < -0.39 is 0 Å². The molecule has 0 spiro atoms. The fourth-order valence-corrected chi connectivity index (χ4v) is 2.55. The first kappa shape index (κ1) is 28.5. The number of carbonyl (C=O) groups is 2. The van der Waals surface area contributed by atoms with E-state index in [-0.39, 0.29) is 35.0 Å². The molecule has 0 radical (unpaired) electrons. The number of methoxy groups -OCH3 is 1. The Bertz CT molecular complexity index is 922. The van der Waals surface area contributed by atoms with Crippen LogP contribution in [0.3, 0.4) is 0 Å². The standard InChI is InChI=1S/C15H16O2.C7H10O3.C5H8O2/c1-15(2,11-3-7-13(16)8-4-11)12-5-9-14(17)10-6-12;1-5(2)7(8)10-4-6-3-9-6;1-4(2)5(6)7-3/h3-10,16-17H,1-2H3;6H,1,3-4H2,2H3;1H2,2-3H3. The van der Waals surface area contributed by atoms with E-state index in [0.29, 0.717) is 24.4 Å². The van der Waals surface area contributed by atoms with Crippen molar-refractivity contribution in [1.29, 1.82) is 0 Å². The SMILES string of the molecule is C=C(C)C(=O)OC.C=C(C)C(=O)OCC1CO1.CC(C)(c1ccc(O)cc1)c1ccc(O)cc1. The Morgan fingerprint density at radius 3 is 1.56 bits per heavy atom. The average molecular weight is 471 g/mol. The zero-order valence-electron chi connectivity index (χ0n) is 20.5. The summed E-state index contributed by atoms with van der Waals surface area (Å²) in [7, 11) is 1.33. The highest BCUT2D eigenvalue weighted by Crippen LogP contribution is 2.32. The summed E-state index contributed by atoms with van der Waals surface area (Å²) < 4.78 is 13.9. The normalized spacial score (nSPS) is 13.7. The number of phenols is 2. The molecule has 1 fully saturated rings. The lowest BCUT2D eigenvalue weighted by Crippen LogP contribution is -2.18. The minimum atomic E-state index is -0.347. The molecule has 0 aliphatic carbocycles. The largest absolute Gasteiger partial charge is 0.508 e. The van der Waals surface area contributed by atoms with E-state index >= 15 is 0 Å². The fourth-order valence-electron chi connectivity index (χ4n) is 2.55. The fraction of sp³-hybridized carbons (Fsp3) is 0.333. The summed E-state index contributed by atoms with van der Waals surface area (Å²) in [4.78, 5) is 20.9. The molecule has 2 aromatic carbocycles. The molecular formula is C27H34O7. The molecule has 1 unspecified atom stereocenters. The molecule has 2 N–H and O–H groups in total. The molecule has 0 amide bonds. The first-order chi connectivity index (χ1) is 15.9. The second-order valence-electron chi connectivity index (χ2n) is 8.32. The zero-order valence-corrected chi connectivity index (χ0v) is 20.5. The number of rotatable bonds is 6. The monoisotopic (exact) mass is 470 g/mol. The van der Waals surface area contributed by atoms with Crippen molar-refractivity contribution in [2.24, 2.45) is 0 Å². The Labute approximate surface area is 201 Å².